The number of fused-ring (bicyclic) bond motifs is 1. The van der Waals surface area contributed by atoms with Gasteiger partial charge < -0.3 is 14.9 Å². The number of aliphatic hydroxyl groups excluding tert-OH is 1. The number of rotatable bonds is 5. The van der Waals surface area contributed by atoms with Crippen LogP contribution in [0.1, 0.15) is 80.1 Å². The molecule has 0 aromatic carbocycles. The zero-order valence-electron chi connectivity index (χ0n) is 18.0. The Morgan fingerprint density at radius 1 is 1.33 bits per heavy atom. The summed E-state index contributed by atoms with van der Waals surface area (Å²) < 4.78 is 5.17. The molecule has 27 heavy (non-hydrogen) atoms. The van der Waals surface area contributed by atoms with E-state index in [4.69, 9.17) is 4.74 Å². The van der Waals surface area contributed by atoms with Gasteiger partial charge in [0.1, 0.15) is 0 Å². The number of ether oxygens (including phenoxy) is 1. The third-order valence-corrected chi connectivity index (χ3v) is 7.16. The molecule has 0 aromatic rings. The average Bonchev–Trinajstić information content (AvgIpc) is 2.53. The first-order valence-electron chi connectivity index (χ1n) is 10.3. The van der Waals surface area contributed by atoms with Crippen molar-refractivity contribution in [2.45, 2.75) is 97.9 Å². The first-order valence-corrected chi connectivity index (χ1v) is 10.3. The van der Waals surface area contributed by atoms with E-state index in [-0.39, 0.29) is 28.8 Å². The fourth-order valence-electron chi connectivity index (χ4n) is 5.57. The van der Waals surface area contributed by atoms with E-state index in [9.17, 15) is 15.0 Å². The lowest BCUT2D eigenvalue weighted by atomic mass is 9.45. The smallest absolute Gasteiger partial charge is 0.330 e. The molecule has 0 heterocycles. The maximum atomic E-state index is 11.9. The number of hydrogen-bond donors (Lipinski definition) is 2. The lowest BCUT2D eigenvalue weighted by Crippen LogP contribution is -2.62. The lowest BCUT2D eigenvalue weighted by Gasteiger charge is -2.62. The van der Waals surface area contributed by atoms with Crippen LogP contribution in [0.5, 0.6) is 0 Å². The Bertz CT molecular complexity index is 618. The van der Waals surface area contributed by atoms with Gasteiger partial charge in [0, 0.05) is 11.5 Å². The van der Waals surface area contributed by atoms with E-state index < -0.39 is 11.7 Å². The van der Waals surface area contributed by atoms with Crippen LogP contribution in [0.4, 0.5) is 0 Å². The van der Waals surface area contributed by atoms with E-state index in [1.807, 2.05) is 20.8 Å². The Morgan fingerprint density at radius 2 is 1.96 bits per heavy atom. The summed E-state index contributed by atoms with van der Waals surface area (Å²) in [7, 11) is 0. The summed E-state index contributed by atoms with van der Waals surface area (Å²) in [6.07, 6.45) is 5.49. The van der Waals surface area contributed by atoms with Crippen molar-refractivity contribution < 1.29 is 19.7 Å². The molecule has 2 saturated carbocycles. The van der Waals surface area contributed by atoms with E-state index in [0.717, 1.165) is 24.8 Å². The number of aliphatic hydroxyl groups is 2. The minimum Gasteiger partial charge on any atom is -0.460 e. The predicted octanol–water partition coefficient (Wildman–Crippen LogP) is 4.55. The predicted molar refractivity (Wildman–Crippen MR) is 108 cm³/mol. The summed E-state index contributed by atoms with van der Waals surface area (Å²) in [4.78, 5) is 11.9. The molecule has 4 heteroatoms. The molecule has 2 aliphatic carbocycles. The molecule has 154 valence electrons. The van der Waals surface area contributed by atoms with E-state index in [1.165, 1.54) is 6.08 Å². The Hall–Kier alpha value is -1.13. The largest absolute Gasteiger partial charge is 0.460 e. The Balaban J connectivity index is 2.25. The van der Waals surface area contributed by atoms with Gasteiger partial charge in [-0.2, -0.15) is 0 Å². The van der Waals surface area contributed by atoms with Crippen molar-refractivity contribution >= 4 is 5.97 Å². The van der Waals surface area contributed by atoms with Crippen LogP contribution in [0.2, 0.25) is 0 Å². The van der Waals surface area contributed by atoms with Crippen molar-refractivity contribution in [2.24, 2.45) is 16.7 Å². The minimum absolute atomic E-state index is 0.0780. The van der Waals surface area contributed by atoms with Crippen LogP contribution < -0.4 is 0 Å². The van der Waals surface area contributed by atoms with Gasteiger partial charge in [0.25, 0.3) is 0 Å². The summed E-state index contributed by atoms with van der Waals surface area (Å²) in [5.74, 6) is -0.112. The van der Waals surface area contributed by atoms with Crippen LogP contribution >= 0.6 is 0 Å². The molecule has 0 radical (unpaired) electrons. The minimum atomic E-state index is -1.13. The SMILES string of the molecule is C=C1[C@H](O)C[C@H]2C(C)(C)CCC[C@]2(C)[C@@]1(O)CC/C(C)=C/C(=O)OC(C)C. The number of carbonyl (C=O) groups is 1. The first kappa shape index (κ1) is 22.2. The number of hydrogen-bond acceptors (Lipinski definition) is 4. The molecule has 2 fully saturated rings. The molecule has 4 atom stereocenters. The zero-order valence-corrected chi connectivity index (χ0v) is 18.0. The maximum Gasteiger partial charge on any atom is 0.330 e. The van der Waals surface area contributed by atoms with Gasteiger partial charge >= 0.3 is 5.97 Å². The third kappa shape index (κ3) is 4.17. The molecule has 0 aromatic heterocycles. The normalized spacial score (nSPS) is 36.5. The summed E-state index contributed by atoms with van der Waals surface area (Å²) in [5, 5.41) is 22.5. The van der Waals surface area contributed by atoms with E-state index in [0.29, 0.717) is 24.8 Å². The Kier molecular flexibility index (Phi) is 6.33. The van der Waals surface area contributed by atoms with Crippen molar-refractivity contribution in [3.63, 3.8) is 0 Å². The van der Waals surface area contributed by atoms with Gasteiger partial charge in [0.2, 0.25) is 0 Å². The molecular formula is C23H38O4. The van der Waals surface area contributed by atoms with Crippen molar-refractivity contribution in [3.05, 3.63) is 23.8 Å². The fraction of sp³-hybridized carbons (Fsp3) is 0.783. The second kappa shape index (κ2) is 7.71. The van der Waals surface area contributed by atoms with Gasteiger partial charge in [-0.05, 0) is 69.8 Å². The summed E-state index contributed by atoms with van der Waals surface area (Å²) in [6.45, 7) is 16.3. The highest BCUT2D eigenvalue weighted by Crippen LogP contribution is 2.63. The highest BCUT2D eigenvalue weighted by molar-refractivity contribution is 5.82. The van der Waals surface area contributed by atoms with Crippen molar-refractivity contribution in [1.82, 2.24) is 0 Å². The molecule has 2 rings (SSSR count). The van der Waals surface area contributed by atoms with Gasteiger partial charge in [-0.1, -0.05) is 39.3 Å². The average molecular weight is 379 g/mol. The van der Waals surface area contributed by atoms with Crippen LogP contribution in [-0.4, -0.2) is 34.0 Å². The van der Waals surface area contributed by atoms with Crippen LogP contribution in [0.25, 0.3) is 0 Å². The van der Waals surface area contributed by atoms with Gasteiger partial charge in [-0.3, -0.25) is 0 Å². The number of allylic oxidation sites excluding steroid dienone is 1. The van der Waals surface area contributed by atoms with E-state index in [2.05, 4.69) is 27.4 Å². The van der Waals surface area contributed by atoms with Crippen molar-refractivity contribution in [1.29, 1.82) is 0 Å². The maximum absolute atomic E-state index is 11.9. The standard InChI is InChI=1S/C23H38O4/c1-15(2)27-20(25)13-16(3)9-12-23(26)17(4)18(24)14-19-21(5,6)10-8-11-22(19,23)7/h13,15,18-19,24,26H,4,8-12,14H2,1-3,5-7H3/b16-13+/t18-,19+,22+,23-/m1/s1. The van der Waals surface area contributed by atoms with Crippen LogP contribution in [-0.2, 0) is 9.53 Å². The molecule has 0 aliphatic heterocycles. The van der Waals surface area contributed by atoms with Crippen molar-refractivity contribution in [3.8, 4) is 0 Å². The highest BCUT2D eigenvalue weighted by Gasteiger charge is 2.61. The number of carbonyl (C=O) groups excluding carboxylic acids is 1. The topological polar surface area (TPSA) is 66.8 Å². The van der Waals surface area contributed by atoms with Crippen molar-refractivity contribution in [2.75, 3.05) is 0 Å². The summed E-state index contributed by atoms with van der Waals surface area (Å²) >= 11 is 0. The molecule has 0 spiro atoms. The molecule has 0 unspecified atom stereocenters. The molecule has 4 nitrogen and oxygen atoms in total. The van der Waals surface area contributed by atoms with E-state index in [1.54, 1.807) is 0 Å². The highest BCUT2D eigenvalue weighted by atomic mass is 16.5. The van der Waals surface area contributed by atoms with Crippen LogP contribution in [0, 0.1) is 16.7 Å². The molecular weight excluding hydrogens is 340 g/mol. The summed E-state index contributed by atoms with van der Waals surface area (Å²) in [6, 6.07) is 0. The second-order valence-electron chi connectivity index (χ2n) is 9.93. The van der Waals surface area contributed by atoms with Gasteiger partial charge in [-0.25, -0.2) is 4.79 Å². The number of esters is 1. The van der Waals surface area contributed by atoms with Gasteiger partial charge in [-0.15, -0.1) is 0 Å². The Labute approximate surface area is 164 Å². The fourth-order valence-corrected chi connectivity index (χ4v) is 5.57. The first-order chi connectivity index (χ1) is 12.3. The van der Waals surface area contributed by atoms with Crippen LogP contribution in [0.15, 0.2) is 23.8 Å². The quantitative estimate of drug-likeness (QED) is 0.418. The summed E-state index contributed by atoms with van der Waals surface area (Å²) in [5.41, 5.74) is 0.0383. The monoisotopic (exact) mass is 378 g/mol. The molecule has 2 aliphatic rings. The zero-order chi connectivity index (χ0) is 20.6. The van der Waals surface area contributed by atoms with Crippen LogP contribution in [0.3, 0.4) is 0 Å². The molecule has 0 saturated heterocycles. The molecule has 0 bridgehead atoms. The molecule has 0 amide bonds. The second-order valence-corrected chi connectivity index (χ2v) is 9.93. The van der Waals surface area contributed by atoms with E-state index >= 15 is 0 Å². The van der Waals surface area contributed by atoms with Gasteiger partial charge in [0.15, 0.2) is 0 Å². The van der Waals surface area contributed by atoms with Gasteiger partial charge in [0.05, 0.1) is 17.8 Å². The Morgan fingerprint density at radius 3 is 2.56 bits per heavy atom. The third-order valence-electron chi connectivity index (χ3n) is 7.16. The molecule has 2 N–H and O–H groups in total. The lowest BCUT2D eigenvalue weighted by molar-refractivity contribution is -0.175.